The molecule has 1 aromatic heterocycles. The van der Waals surface area contributed by atoms with Crippen molar-refractivity contribution in [3.05, 3.63) is 40.3 Å². The van der Waals surface area contributed by atoms with Crippen molar-refractivity contribution < 1.29 is 15.0 Å². The van der Waals surface area contributed by atoms with Crippen LogP contribution < -0.4 is 5.56 Å². The molecule has 6 nitrogen and oxygen atoms in total. The largest absolute Gasteiger partial charge is 0.479 e. The predicted octanol–water partition coefficient (Wildman–Crippen LogP) is 0.541. The Kier molecular flexibility index (Phi) is 3.11. The molecule has 0 spiro atoms. The second-order valence-corrected chi connectivity index (χ2v) is 4.66. The molecule has 0 saturated heterocycles. The van der Waals surface area contributed by atoms with Gasteiger partial charge in [-0.1, -0.05) is 12.1 Å². The summed E-state index contributed by atoms with van der Waals surface area (Å²) in [7, 11) is 0. The predicted molar refractivity (Wildman–Crippen MR) is 69.0 cm³/mol. The third-order valence-corrected chi connectivity index (χ3v) is 2.94. The van der Waals surface area contributed by atoms with Crippen LogP contribution in [0.5, 0.6) is 0 Å². The van der Waals surface area contributed by atoms with Gasteiger partial charge in [0.1, 0.15) is 5.69 Å². The van der Waals surface area contributed by atoms with Gasteiger partial charge < -0.3 is 14.8 Å². The van der Waals surface area contributed by atoms with Gasteiger partial charge in [-0.3, -0.25) is 4.79 Å². The second kappa shape index (κ2) is 4.47. The number of fused-ring (bicyclic) bond motifs is 1. The van der Waals surface area contributed by atoms with Crippen molar-refractivity contribution in [2.24, 2.45) is 0 Å². The highest BCUT2D eigenvalue weighted by molar-refractivity contribution is 5.78. The molecule has 100 valence electrons. The number of aromatic nitrogens is 2. The maximum atomic E-state index is 12.1. The lowest BCUT2D eigenvalue weighted by atomic mass is 10.1. The summed E-state index contributed by atoms with van der Waals surface area (Å²) in [5, 5.41) is 18.8. The van der Waals surface area contributed by atoms with E-state index in [0.29, 0.717) is 11.0 Å². The molecule has 0 aliphatic carbocycles. The molecule has 0 aliphatic rings. The Hall–Kier alpha value is -2.21. The summed E-state index contributed by atoms with van der Waals surface area (Å²) < 4.78 is 1.24. The number of hydrogen-bond acceptors (Lipinski definition) is 4. The van der Waals surface area contributed by atoms with Gasteiger partial charge in [-0.05, 0) is 26.0 Å². The zero-order chi connectivity index (χ0) is 14.2. The molecule has 1 unspecified atom stereocenters. The van der Waals surface area contributed by atoms with Crippen molar-refractivity contribution >= 4 is 17.0 Å². The van der Waals surface area contributed by atoms with Crippen LogP contribution in [0, 0.1) is 6.92 Å². The minimum atomic E-state index is -2.01. The molecule has 0 saturated carbocycles. The van der Waals surface area contributed by atoms with Crippen molar-refractivity contribution in [2.75, 3.05) is 0 Å². The standard InChI is InChI=1S/C13H14N2O4/c1-8-11(16)15(7-13(2,19)12(17)18)10-6-4-3-5-9(10)14-8/h3-6,19H,7H2,1-2H3,(H,17,18). The number of benzene rings is 1. The molecule has 1 aromatic carbocycles. The Morgan fingerprint density at radius 1 is 1.42 bits per heavy atom. The van der Waals surface area contributed by atoms with Gasteiger partial charge in [0.2, 0.25) is 0 Å². The quantitative estimate of drug-likeness (QED) is 0.842. The molecule has 0 fully saturated rings. The second-order valence-electron chi connectivity index (χ2n) is 4.66. The van der Waals surface area contributed by atoms with E-state index in [-0.39, 0.29) is 12.2 Å². The van der Waals surface area contributed by atoms with Gasteiger partial charge in [-0.15, -0.1) is 0 Å². The van der Waals surface area contributed by atoms with Gasteiger partial charge >= 0.3 is 5.97 Å². The van der Waals surface area contributed by atoms with Crippen LogP contribution in [0.25, 0.3) is 11.0 Å². The molecule has 0 amide bonds. The third-order valence-electron chi connectivity index (χ3n) is 2.94. The summed E-state index contributed by atoms with van der Waals surface area (Å²) in [5.41, 5.74) is -1.07. The van der Waals surface area contributed by atoms with Crippen LogP contribution in [-0.4, -0.2) is 31.3 Å². The van der Waals surface area contributed by atoms with Crippen LogP contribution in [0.1, 0.15) is 12.6 Å². The minimum absolute atomic E-state index is 0.264. The highest BCUT2D eigenvalue weighted by Crippen LogP contribution is 2.14. The fraction of sp³-hybridized carbons (Fsp3) is 0.308. The fourth-order valence-corrected chi connectivity index (χ4v) is 1.85. The maximum Gasteiger partial charge on any atom is 0.337 e. The van der Waals surface area contributed by atoms with Crippen LogP contribution in [0.4, 0.5) is 0 Å². The normalized spacial score (nSPS) is 14.3. The summed E-state index contributed by atoms with van der Waals surface area (Å²) in [6.45, 7) is 2.39. The number of aliphatic hydroxyl groups is 1. The first-order chi connectivity index (χ1) is 8.83. The van der Waals surface area contributed by atoms with E-state index in [4.69, 9.17) is 5.11 Å². The molecule has 1 atom stereocenters. The monoisotopic (exact) mass is 262 g/mol. The van der Waals surface area contributed by atoms with Gasteiger partial charge in [0, 0.05) is 0 Å². The molecule has 0 bridgehead atoms. The molecule has 19 heavy (non-hydrogen) atoms. The van der Waals surface area contributed by atoms with Crippen LogP contribution in [0.15, 0.2) is 29.1 Å². The number of aliphatic carboxylic acids is 1. The molecule has 2 N–H and O–H groups in total. The van der Waals surface area contributed by atoms with Crippen LogP contribution in [-0.2, 0) is 11.3 Å². The van der Waals surface area contributed by atoms with E-state index in [0.717, 1.165) is 6.92 Å². The summed E-state index contributed by atoms with van der Waals surface area (Å²) in [5.74, 6) is -1.38. The zero-order valence-corrected chi connectivity index (χ0v) is 10.6. The number of hydrogen-bond donors (Lipinski definition) is 2. The van der Waals surface area contributed by atoms with Crippen molar-refractivity contribution in [3.63, 3.8) is 0 Å². The number of rotatable bonds is 3. The Labute approximate surface area is 108 Å². The number of carboxylic acid groups (broad SMARTS) is 1. The van der Waals surface area contributed by atoms with Crippen LogP contribution >= 0.6 is 0 Å². The number of carboxylic acids is 1. The van der Waals surface area contributed by atoms with Gasteiger partial charge in [0.25, 0.3) is 5.56 Å². The summed E-state index contributed by atoms with van der Waals surface area (Å²) in [6, 6.07) is 6.90. The van der Waals surface area contributed by atoms with Crippen LogP contribution in [0.3, 0.4) is 0 Å². The Bertz CT molecular complexity index is 703. The summed E-state index contributed by atoms with van der Waals surface area (Å²) >= 11 is 0. The lowest BCUT2D eigenvalue weighted by Crippen LogP contribution is -2.42. The molecule has 6 heteroatoms. The molecule has 2 aromatic rings. The van der Waals surface area contributed by atoms with E-state index in [1.54, 1.807) is 31.2 Å². The number of carbonyl (C=O) groups is 1. The lowest BCUT2D eigenvalue weighted by molar-refractivity contribution is -0.157. The van der Waals surface area contributed by atoms with Gasteiger partial charge in [0.05, 0.1) is 17.6 Å². The lowest BCUT2D eigenvalue weighted by Gasteiger charge is -2.20. The van der Waals surface area contributed by atoms with Crippen molar-refractivity contribution in [1.82, 2.24) is 9.55 Å². The fourth-order valence-electron chi connectivity index (χ4n) is 1.85. The first kappa shape index (κ1) is 13.2. The number of aryl methyl sites for hydroxylation is 1. The van der Waals surface area contributed by atoms with Gasteiger partial charge in [0.15, 0.2) is 5.60 Å². The van der Waals surface area contributed by atoms with E-state index >= 15 is 0 Å². The molecule has 1 heterocycles. The molecule has 0 radical (unpaired) electrons. The number of para-hydroxylation sites is 2. The number of nitrogens with zero attached hydrogens (tertiary/aromatic N) is 2. The maximum absolute atomic E-state index is 12.1. The first-order valence-electron chi connectivity index (χ1n) is 5.75. The minimum Gasteiger partial charge on any atom is -0.479 e. The van der Waals surface area contributed by atoms with Crippen molar-refractivity contribution in [3.8, 4) is 0 Å². The first-order valence-corrected chi connectivity index (χ1v) is 5.75. The van der Waals surface area contributed by atoms with E-state index in [1.165, 1.54) is 4.57 Å². The Morgan fingerprint density at radius 3 is 2.68 bits per heavy atom. The summed E-state index contributed by atoms with van der Waals surface area (Å²) in [6.07, 6.45) is 0. The molecular weight excluding hydrogens is 248 g/mol. The smallest absolute Gasteiger partial charge is 0.337 e. The molecule has 2 rings (SSSR count). The average Bonchev–Trinajstić information content (AvgIpc) is 2.34. The Morgan fingerprint density at radius 2 is 2.05 bits per heavy atom. The third kappa shape index (κ3) is 2.34. The SMILES string of the molecule is Cc1nc2ccccc2n(CC(C)(O)C(=O)O)c1=O. The van der Waals surface area contributed by atoms with Gasteiger partial charge in [-0.25, -0.2) is 9.78 Å². The Balaban J connectivity index is 2.68. The van der Waals surface area contributed by atoms with E-state index < -0.39 is 17.1 Å². The van der Waals surface area contributed by atoms with Crippen molar-refractivity contribution in [2.45, 2.75) is 26.0 Å². The van der Waals surface area contributed by atoms with E-state index in [2.05, 4.69) is 4.98 Å². The van der Waals surface area contributed by atoms with Crippen LogP contribution in [0.2, 0.25) is 0 Å². The van der Waals surface area contributed by atoms with Crippen molar-refractivity contribution in [1.29, 1.82) is 0 Å². The van der Waals surface area contributed by atoms with E-state index in [9.17, 15) is 14.7 Å². The highest BCUT2D eigenvalue weighted by Gasteiger charge is 2.31. The molecular formula is C13H14N2O4. The zero-order valence-electron chi connectivity index (χ0n) is 10.6. The van der Waals surface area contributed by atoms with E-state index in [1.807, 2.05) is 0 Å². The average molecular weight is 262 g/mol. The van der Waals surface area contributed by atoms with Gasteiger partial charge in [-0.2, -0.15) is 0 Å². The topological polar surface area (TPSA) is 92.4 Å². The summed E-state index contributed by atoms with van der Waals surface area (Å²) in [4.78, 5) is 27.2. The molecule has 0 aliphatic heterocycles. The highest BCUT2D eigenvalue weighted by atomic mass is 16.4.